The predicted octanol–water partition coefficient (Wildman–Crippen LogP) is 4.88. The van der Waals surface area contributed by atoms with E-state index in [2.05, 4.69) is 0 Å². The van der Waals surface area contributed by atoms with E-state index < -0.39 is 0 Å². The molecule has 4 heteroatoms. The van der Waals surface area contributed by atoms with Crippen molar-refractivity contribution in [3.8, 4) is 39.7 Å². The van der Waals surface area contributed by atoms with Gasteiger partial charge in [-0.05, 0) is 54.1 Å². The van der Waals surface area contributed by atoms with Gasteiger partial charge in [0, 0.05) is 22.6 Å². The first-order valence-corrected chi connectivity index (χ1v) is 7.46. The van der Waals surface area contributed by atoms with Gasteiger partial charge in [0.2, 0.25) is 0 Å². The van der Waals surface area contributed by atoms with Gasteiger partial charge in [-0.3, -0.25) is 0 Å². The first-order valence-electron chi connectivity index (χ1n) is 7.46. The van der Waals surface area contributed by atoms with E-state index in [-0.39, 0.29) is 17.2 Å². The second-order valence-electron chi connectivity index (χ2n) is 5.58. The summed E-state index contributed by atoms with van der Waals surface area (Å²) in [6.45, 7) is 0. The summed E-state index contributed by atoms with van der Waals surface area (Å²) in [7, 11) is 0. The van der Waals surface area contributed by atoms with E-state index in [1.807, 2.05) is 12.1 Å². The molecule has 0 unspecified atom stereocenters. The molecule has 0 aliphatic rings. The fraction of sp³-hybridized carbons (Fsp3) is 0. The summed E-state index contributed by atoms with van der Waals surface area (Å²) in [6, 6.07) is 18.6. The zero-order valence-corrected chi connectivity index (χ0v) is 12.6. The monoisotopic (exact) mass is 318 g/mol. The Labute approximate surface area is 137 Å². The number of hydrogen-bond acceptors (Lipinski definition) is 4. The molecule has 0 bridgehead atoms. The maximum absolute atomic E-state index is 9.72. The lowest BCUT2D eigenvalue weighted by atomic mass is 9.98. The van der Waals surface area contributed by atoms with E-state index in [1.165, 1.54) is 0 Å². The maximum Gasteiger partial charge on any atom is 0.143 e. The first-order chi connectivity index (χ1) is 11.6. The fourth-order valence-electron chi connectivity index (χ4n) is 2.82. The van der Waals surface area contributed by atoms with Gasteiger partial charge in [0.15, 0.2) is 0 Å². The Kier molecular flexibility index (Phi) is 3.17. The molecule has 4 rings (SSSR count). The zero-order valence-electron chi connectivity index (χ0n) is 12.6. The Morgan fingerprint density at radius 3 is 1.75 bits per heavy atom. The van der Waals surface area contributed by atoms with Crippen molar-refractivity contribution in [1.29, 1.82) is 0 Å². The van der Waals surface area contributed by atoms with Crippen LogP contribution in [0, 0.1) is 0 Å². The normalized spacial score (nSPS) is 11.0. The Bertz CT molecular complexity index is 1010. The Balaban J connectivity index is 2.02. The van der Waals surface area contributed by atoms with Gasteiger partial charge in [0.1, 0.15) is 28.6 Å². The van der Waals surface area contributed by atoms with Gasteiger partial charge in [0.05, 0.1) is 0 Å². The summed E-state index contributed by atoms with van der Waals surface area (Å²) < 4.78 is 5.99. The molecule has 0 saturated carbocycles. The van der Waals surface area contributed by atoms with Gasteiger partial charge in [0.25, 0.3) is 0 Å². The number of rotatable bonds is 2. The molecule has 24 heavy (non-hydrogen) atoms. The Hall–Kier alpha value is -3.40. The highest BCUT2D eigenvalue weighted by molar-refractivity contribution is 6.02. The topological polar surface area (TPSA) is 73.8 Å². The van der Waals surface area contributed by atoms with Crippen LogP contribution >= 0.6 is 0 Å². The van der Waals surface area contributed by atoms with Gasteiger partial charge in [-0.1, -0.05) is 12.1 Å². The van der Waals surface area contributed by atoms with Gasteiger partial charge >= 0.3 is 0 Å². The van der Waals surface area contributed by atoms with Gasteiger partial charge in [-0.2, -0.15) is 0 Å². The minimum atomic E-state index is 0.130. The summed E-state index contributed by atoms with van der Waals surface area (Å²) >= 11 is 0. The summed E-state index contributed by atoms with van der Waals surface area (Å²) in [6.07, 6.45) is 0. The van der Waals surface area contributed by atoms with Crippen LogP contribution in [0.2, 0.25) is 0 Å². The quantitative estimate of drug-likeness (QED) is 0.492. The molecular formula is C20H14O4. The number of hydrogen-bond donors (Lipinski definition) is 3. The van der Waals surface area contributed by atoms with Crippen LogP contribution in [0.15, 0.2) is 71.1 Å². The van der Waals surface area contributed by atoms with E-state index in [9.17, 15) is 15.3 Å². The molecular weight excluding hydrogens is 304 g/mol. The predicted molar refractivity (Wildman–Crippen MR) is 92.1 cm³/mol. The van der Waals surface area contributed by atoms with E-state index in [0.29, 0.717) is 11.3 Å². The molecule has 1 aromatic heterocycles. The molecule has 3 aromatic carbocycles. The smallest absolute Gasteiger partial charge is 0.143 e. The molecule has 3 N–H and O–H groups in total. The molecule has 0 aliphatic carbocycles. The molecule has 4 nitrogen and oxygen atoms in total. The number of furan rings is 1. The Morgan fingerprint density at radius 2 is 1.12 bits per heavy atom. The number of fused-ring (bicyclic) bond motifs is 1. The molecule has 0 radical (unpaired) electrons. The minimum absolute atomic E-state index is 0.130. The molecule has 0 spiro atoms. The van der Waals surface area contributed by atoms with Crippen molar-refractivity contribution in [2.75, 3.05) is 0 Å². The van der Waals surface area contributed by atoms with Crippen LogP contribution in [0.1, 0.15) is 0 Å². The van der Waals surface area contributed by atoms with E-state index >= 15 is 0 Å². The summed E-state index contributed by atoms with van der Waals surface area (Å²) in [5.74, 6) is 1.14. The average Bonchev–Trinajstić information content (AvgIpc) is 2.94. The lowest BCUT2D eigenvalue weighted by Gasteiger charge is -2.05. The SMILES string of the molecule is Oc1ccc(-c2oc3cc(O)ccc3c2-c2ccc(O)cc2)cc1. The van der Waals surface area contributed by atoms with Crippen molar-refractivity contribution < 1.29 is 19.7 Å². The highest BCUT2D eigenvalue weighted by Gasteiger charge is 2.18. The molecule has 4 aromatic rings. The molecule has 0 saturated heterocycles. The lowest BCUT2D eigenvalue weighted by molar-refractivity contribution is 0.474. The molecule has 0 aliphatic heterocycles. The number of phenols is 3. The van der Waals surface area contributed by atoms with E-state index in [4.69, 9.17) is 4.42 Å². The first kappa shape index (κ1) is 14.2. The summed E-state index contributed by atoms with van der Waals surface area (Å²) in [4.78, 5) is 0. The zero-order chi connectivity index (χ0) is 16.7. The van der Waals surface area contributed by atoms with Crippen molar-refractivity contribution in [2.24, 2.45) is 0 Å². The van der Waals surface area contributed by atoms with Crippen LogP contribution in [0.3, 0.4) is 0 Å². The van der Waals surface area contributed by atoms with Gasteiger partial charge < -0.3 is 19.7 Å². The molecule has 118 valence electrons. The maximum atomic E-state index is 9.72. The number of phenolic OH excluding ortho intramolecular Hbond substituents is 3. The highest BCUT2D eigenvalue weighted by Crippen LogP contribution is 2.42. The third kappa shape index (κ3) is 2.34. The summed E-state index contributed by atoms with van der Waals surface area (Å²) in [5, 5.41) is 29.6. The molecule has 0 amide bonds. The third-order valence-corrected chi connectivity index (χ3v) is 3.96. The minimum Gasteiger partial charge on any atom is -0.508 e. The molecule has 0 atom stereocenters. The standard InChI is InChI=1S/C20H14O4/c21-14-5-1-12(2-6-14)19-17-10-9-16(23)11-18(17)24-20(19)13-3-7-15(22)8-4-13/h1-11,21-23H. The number of benzene rings is 3. The van der Waals surface area contributed by atoms with Crippen molar-refractivity contribution in [3.05, 3.63) is 66.7 Å². The van der Waals surface area contributed by atoms with Gasteiger partial charge in [-0.25, -0.2) is 0 Å². The lowest BCUT2D eigenvalue weighted by Crippen LogP contribution is -1.81. The Morgan fingerprint density at radius 1 is 0.583 bits per heavy atom. The van der Waals surface area contributed by atoms with Crippen molar-refractivity contribution >= 4 is 11.0 Å². The van der Waals surface area contributed by atoms with Crippen LogP contribution < -0.4 is 0 Å². The second-order valence-corrected chi connectivity index (χ2v) is 5.58. The number of aromatic hydroxyl groups is 3. The van der Waals surface area contributed by atoms with Crippen LogP contribution in [0.4, 0.5) is 0 Å². The van der Waals surface area contributed by atoms with E-state index in [1.54, 1.807) is 54.6 Å². The van der Waals surface area contributed by atoms with Crippen molar-refractivity contribution in [3.63, 3.8) is 0 Å². The third-order valence-electron chi connectivity index (χ3n) is 3.96. The van der Waals surface area contributed by atoms with Gasteiger partial charge in [-0.15, -0.1) is 0 Å². The van der Waals surface area contributed by atoms with E-state index in [0.717, 1.165) is 22.1 Å². The summed E-state index contributed by atoms with van der Waals surface area (Å²) in [5.41, 5.74) is 3.14. The highest BCUT2D eigenvalue weighted by atomic mass is 16.3. The average molecular weight is 318 g/mol. The fourth-order valence-corrected chi connectivity index (χ4v) is 2.82. The van der Waals surface area contributed by atoms with Crippen molar-refractivity contribution in [2.45, 2.75) is 0 Å². The van der Waals surface area contributed by atoms with Crippen LogP contribution in [-0.4, -0.2) is 15.3 Å². The van der Waals surface area contributed by atoms with Crippen molar-refractivity contribution in [1.82, 2.24) is 0 Å². The molecule has 1 heterocycles. The largest absolute Gasteiger partial charge is 0.508 e. The molecule has 0 fully saturated rings. The van der Waals surface area contributed by atoms with Crippen LogP contribution in [-0.2, 0) is 0 Å². The van der Waals surface area contributed by atoms with Crippen LogP contribution in [0.25, 0.3) is 33.4 Å². The second kappa shape index (κ2) is 5.35. The van der Waals surface area contributed by atoms with Crippen LogP contribution in [0.5, 0.6) is 17.2 Å².